The van der Waals surface area contributed by atoms with Crippen LogP contribution in [0.1, 0.15) is 25.2 Å². The molecular weight excluding hydrogens is 399 g/mol. The van der Waals surface area contributed by atoms with Crippen molar-refractivity contribution in [2.24, 2.45) is 0 Å². The van der Waals surface area contributed by atoms with Gasteiger partial charge < -0.3 is 9.84 Å². The molecule has 3 aromatic heterocycles. The van der Waals surface area contributed by atoms with Gasteiger partial charge >= 0.3 is 6.18 Å². The topological polar surface area (TPSA) is 85.4 Å². The quantitative estimate of drug-likeness (QED) is 0.526. The Morgan fingerprint density at radius 1 is 1.00 bits per heavy atom. The minimum atomic E-state index is -4.42. The van der Waals surface area contributed by atoms with E-state index in [1.165, 1.54) is 24.5 Å². The van der Waals surface area contributed by atoms with Gasteiger partial charge in [0, 0.05) is 24.2 Å². The molecule has 1 N–H and O–H groups in total. The summed E-state index contributed by atoms with van der Waals surface area (Å²) >= 11 is 0. The molecule has 156 valence electrons. The fraction of sp³-hybridized carbons (Fsp3) is 0.200. The standard InChI is InChI=1S/C18H12F3N5O2.C2H6/c19-18(20,21)12-1-3-13(4-2-12)28-17-16(22-6-7-23-17)11-5-8-26-14(9-11)24-25-15(26)10-27;1-2/h1-9,27H,10H2;1-2H3. The van der Waals surface area contributed by atoms with Gasteiger partial charge in [0.1, 0.15) is 18.1 Å². The molecule has 0 aliphatic rings. The van der Waals surface area contributed by atoms with Crippen molar-refractivity contribution >= 4 is 5.65 Å². The zero-order valence-electron chi connectivity index (χ0n) is 16.1. The van der Waals surface area contributed by atoms with Crippen molar-refractivity contribution in [2.75, 3.05) is 0 Å². The second-order valence-electron chi connectivity index (χ2n) is 5.75. The summed E-state index contributed by atoms with van der Waals surface area (Å²) in [5.41, 5.74) is 0.738. The highest BCUT2D eigenvalue weighted by atomic mass is 19.4. The molecule has 10 heteroatoms. The minimum Gasteiger partial charge on any atom is -0.437 e. The first-order chi connectivity index (χ1) is 14.5. The number of pyridine rings is 1. The van der Waals surface area contributed by atoms with Crippen LogP contribution in [0.4, 0.5) is 13.2 Å². The van der Waals surface area contributed by atoms with Crippen molar-refractivity contribution in [1.82, 2.24) is 24.6 Å². The second kappa shape index (κ2) is 8.87. The number of alkyl halides is 3. The lowest BCUT2D eigenvalue weighted by molar-refractivity contribution is -0.137. The van der Waals surface area contributed by atoms with E-state index in [2.05, 4.69) is 20.2 Å². The Labute approximate surface area is 169 Å². The summed E-state index contributed by atoms with van der Waals surface area (Å²) in [5, 5.41) is 17.1. The minimum absolute atomic E-state index is 0.133. The lowest BCUT2D eigenvalue weighted by Gasteiger charge is -2.11. The number of ether oxygens (including phenoxy) is 1. The fourth-order valence-electron chi connectivity index (χ4n) is 2.62. The average molecular weight is 417 g/mol. The third-order valence-electron chi connectivity index (χ3n) is 3.96. The summed E-state index contributed by atoms with van der Waals surface area (Å²) in [6.07, 6.45) is 0.147. The third kappa shape index (κ3) is 4.38. The van der Waals surface area contributed by atoms with Crippen molar-refractivity contribution < 1.29 is 23.0 Å². The first-order valence-corrected chi connectivity index (χ1v) is 9.07. The summed E-state index contributed by atoms with van der Waals surface area (Å²) in [6, 6.07) is 7.72. The summed E-state index contributed by atoms with van der Waals surface area (Å²) in [6.45, 7) is 3.74. The van der Waals surface area contributed by atoms with Crippen molar-refractivity contribution in [1.29, 1.82) is 0 Å². The monoisotopic (exact) mass is 417 g/mol. The molecule has 3 heterocycles. The van der Waals surface area contributed by atoms with Crippen LogP contribution in [0.5, 0.6) is 11.6 Å². The van der Waals surface area contributed by atoms with Gasteiger partial charge in [-0.05, 0) is 36.4 Å². The highest BCUT2D eigenvalue weighted by Crippen LogP contribution is 2.33. The first kappa shape index (κ1) is 21.2. The number of benzene rings is 1. The van der Waals surface area contributed by atoms with Crippen LogP contribution in [0.15, 0.2) is 55.0 Å². The average Bonchev–Trinajstić information content (AvgIpc) is 3.18. The Bertz CT molecular complexity index is 1130. The molecule has 30 heavy (non-hydrogen) atoms. The molecule has 0 spiro atoms. The Morgan fingerprint density at radius 3 is 2.37 bits per heavy atom. The number of aliphatic hydroxyl groups is 1. The molecule has 0 saturated heterocycles. The highest BCUT2D eigenvalue weighted by Gasteiger charge is 2.30. The van der Waals surface area contributed by atoms with E-state index in [9.17, 15) is 18.3 Å². The van der Waals surface area contributed by atoms with Gasteiger partial charge in [-0.1, -0.05) is 13.8 Å². The van der Waals surface area contributed by atoms with Crippen LogP contribution in [0.25, 0.3) is 16.9 Å². The van der Waals surface area contributed by atoms with Gasteiger partial charge in [-0.15, -0.1) is 10.2 Å². The lowest BCUT2D eigenvalue weighted by atomic mass is 10.2. The zero-order chi connectivity index (χ0) is 21.7. The van der Waals surface area contributed by atoms with Crippen LogP contribution in [0.3, 0.4) is 0 Å². The van der Waals surface area contributed by atoms with Gasteiger partial charge in [-0.3, -0.25) is 4.40 Å². The Hall–Kier alpha value is -3.53. The van der Waals surface area contributed by atoms with Gasteiger partial charge in [-0.25, -0.2) is 9.97 Å². The Balaban J connectivity index is 0.00000124. The largest absolute Gasteiger partial charge is 0.437 e. The fourth-order valence-corrected chi connectivity index (χ4v) is 2.62. The van der Waals surface area contributed by atoms with Gasteiger partial charge in [0.25, 0.3) is 0 Å². The molecule has 4 aromatic rings. The number of rotatable bonds is 4. The van der Waals surface area contributed by atoms with Crippen molar-refractivity contribution in [3.8, 4) is 22.9 Å². The van der Waals surface area contributed by atoms with E-state index >= 15 is 0 Å². The molecule has 7 nitrogen and oxygen atoms in total. The van der Waals surface area contributed by atoms with Crippen LogP contribution in [-0.4, -0.2) is 29.7 Å². The molecule has 0 aliphatic heterocycles. The summed E-state index contributed by atoms with van der Waals surface area (Å²) in [4.78, 5) is 8.39. The van der Waals surface area contributed by atoms with Gasteiger partial charge in [0.2, 0.25) is 5.88 Å². The number of aliphatic hydroxyl groups excluding tert-OH is 1. The van der Waals surface area contributed by atoms with Gasteiger partial charge in [0.05, 0.1) is 5.56 Å². The molecule has 0 aliphatic carbocycles. The Morgan fingerprint density at radius 2 is 1.70 bits per heavy atom. The second-order valence-corrected chi connectivity index (χ2v) is 5.75. The summed E-state index contributed by atoms with van der Waals surface area (Å²) < 4.78 is 45.4. The zero-order valence-corrected chi connectivity index (χ0v) is 16.1. The smallest absolute Gasteiger partial charge is 0.416 e. The number of halogens is 3. The molecule has 0 amide bonds. The maximum Gasteiger partial charge on any atom is 0.416 e. The van der Waals surface area contributed by atoms with Gasteiger partial charge in [0.15, 0.2) is 11.5 Å². The SMILES string of the molecule is CC.OCc1nnc2cc(-c3nccnc3Oc3ccc(C(F)(F)F)cc3)ccn12. The van der Waals surface area contributed by atoms with E-state index in [0.717, 1.165) is 12.1 Å². The van der Waals surface area contributed by atoms with E-state index in [1.54, 1.807) is 22.7 Å². The maximum atomic E-state index is 12.7. The normalized spacial score (nSPS) is 11.1. The van der Waals surface area contributed by atoms with Crippen LogP contribution < -0.4 is 4.74 Å². The highest BCUT2D eigenvalue weighted by molar-refractivity contribution is 5.68. The van der Waals surface area contributed by atoms with Crippen LogP contribution in [-0.2, 0) is 12.8 Å². The number of hydrogen-bond acceptors (Lipinski definition) is 6. The van der Waals surface area contributed by atoms with E-state index in [-0.39, 0.29) is 18.2 Å². The Kier molecular flexibility index (Phi) is 6.26. The van der Waals surface area contributed by atoms with Crippen molar-refractivity contribution in [2.45, 2.75) is 26.6 Å². The number of aromatic nitrogens is 5. The lowest BCUT2D eigenvalue weighted by Crippen LogP contribution is -2.04. The van der Waals surface area contributed by atoms with Crippen molar-refractivity contribution in [3.05, 3.63) is 66.4 Å². The summed E-state index contributed by atoms with van der Waals surface area (Å²) in [7, 11) is 0. The summed E-state index contributed by atoms with van der Waals surface area (Å²) in [5.74, 6) is 0.719. The molecule has 0 radical (unpaired) electrons. The predicted octanol–water partition coefficient (Wildman–Crippen LogP) is 4.52. The molecule has 0 atom stereocenters. The molecule has 1 aromatic carbocycles. The van der Waals surface area contributed by atoms with Gasteiger partial charge in [-0.2, -0.15) is 13.2 Å². The molecular formula is C20H18F3N5O2. The van der Waals surface area contributed by atoms with E-state index in [0.29, 0.717) is 22.7 Å². The maximum absolute atomic E-state index is 12.7. The number of fused-ring (bicyclic) bond motifs is 1. The first-order valence-electron chi connectivity index (χ1n) is 9.07. The van der Waals surface area contributed by atoms with E-state index in [4.69, 9.17) is 4.74 Å². The predicted molar refractivity (Wildman–Crippen MR) is 103 cm³/mol. The molecule has 0 unspecified atom stereocenters. The van der Waals surface area contributed by atoms with Crippen LogP contribution in [0, 0.1) is 0 Å². The molecule has 0 saturated carbocycles. The molecule has 0 bridgehead atoms. The van der Waals surface area contributed by atoms with Crippen LogP contribution in [0.2, 0.25) is 0 Å². The van der Waals surface area contributed by atoms with E-state index in [1.807, 2.05) is 13.8 Å². The number of hydrogen-bond donors (Lipinski definition) is 1. The molecule has 4 rings (SSSR count). The number of nitrogens with zero attached hydrogens (tertiary/aromatic N) is 5. The molecule has 0 fully saturated rings. The van der Waals surface area contributed by atoms with Crippen molar-refractivity contribution in [3.63, 3.8) is 0 Å². The van der Waals surface area contributed by atoms with E-state index < -0.39 is 11.7 Å². The third-order valence-corrected chi connectivity index (χ3v) is 3.96. The van der Waals surface area contributed by atoms with Crippen LogP contribution >= 0.6 is 0 Å².